The molecule has 1 aliphatic rings. The molecule has 0 saturated heterocycles. The number of benzene rings is 3. The number of non-ortho nitro benzene ring substituents is 1. The van der Waals surface area contributed by atoms with Crippen LogP contribution in [0, 0.1) is 10.1 Å². The van der Waals surface area contributed by atoms with Crippen molar-refractivity contribution in [3.63, 3.8) is 0 Å². The van der Waals surface area contributed by atoms with Crippen molar-refractivity contribution in [2.75, 3.05) is 6.61 Å². The van der Waals surface area contributed by atoms with Gasteiger partial charge in [0.05, 0.1) is 4.92 Å². The summed E-state index contributed by atoms with van der Waals surface area (Å²) in [6, 6.07) is 19.4. The van der Waals surface area contributed by atoms with Crippen molar-refractivity contribution in [1.82, 2.24) is 5.32 Å². The van der Waals surface area contributed by atoms with E-state index in [0.717, 1.165) is 22.3 Å². The van der Waals surface area contributed by atoms with Crippen LogP contribution in [0.5, 0.6) is 5.75 Å². The summed E-state index contributed by atoms with van der Waals surface area (Å²) in [6.07, 6.45) is -1.14. The summed E-state index contributed by atoms with van der Waals surface area (Å²) in [5.74, 6) is -1.64. The van der Waals surface area contributed by atoms with E-state index in [9.17, 15) is 24.5 Å². The number of nitrogens with zero attached hydrogens (tertiary/aromatic N) is 1. The van der Waals surface area contributed by atoms with Crippen molar-refractivity contribution >= 4 is 23.7 Å². The van der Waals surface area contributed by atoms with Gasteiger partial charge in [0.1, 0.15) is 18.4 Å². The van der Waals surface area contributed by atoms with E-state index in [4.69, 9.17) is 15.2 Å². The maximum atomic E-state index is 12.7. The maximum absolute atomic E-state index is 12.7. The number of hydrogen-bond donors (Lipinski definition) is 2. The Hall–Kier alpha value is -4.73. The van der Waals surface area contributed by atoms with Gasteiger partial charge in [-0.2, -0.15) is 0 Å². The number of nitro benzene ring substituents is 1. The first-order chi connectivity index (χ1) is 17.3. The molecule has 184 valence electrons. The van der Waals surface area contributed by atoms with Crippen molar-refractivity contribution < 1.29 is 28.8 Å². The Morgan fingerprint density at radius 1 is 0.944 bits per heavy atom. The Morgan fingerprint density at radius 3 is 2.08 bits per heavy atom. The van der Waals surface area contributed by atoms with Gasteiger partial charge >= 0.3 is 12.1 Å². The number of esters is 1. The third kappa shape index (κ3) is 5.49. The van der Waals surface area contributed by atoms with Crippen LogP contribution in [-0.4, -0.2) is 35.5 Å². The smallest absolute Gasteiger partial charge is 0.407 e. The molecule has 0 aromatic heterocycles. The lowest BCUT2D eigenvalue weighted by molar-refractivity contribution is -0.384. The molecule has 10 heteroatoms. The highest BCUT2D eigenvalue weighted by Gasteiger charge is 2.30. The third-order valence-electron chi connectivity index (χ3n) is 5.87. The molecule has 1 atom stereocenters. The number of nitro groups is 1. The normalized spacial score (nSPS) is 12.7. The fourth-order valence-corrected chi connectivity index (χ4v) is 4.14. The average Bonchev–Trinajstić information content (AvgIpc) is 3.19. The lowest BCUT2D eigenvalue weighted by Crippen LogP contribution is -2.44. The molecule has 36 heavy (non-hydrogen) atoms. The van der Waals surface area contributed by atoms with Gasteiger partial charge in [0.2, 0.25) is 5.91 Å². The van der Waals surface area contributed by atoms with Crippen LogP contribution >= 0.6 is 0 Å². The van der Waals surface area contributed by atoms with Crippen molar-refractivity contribution in [3.05, 3.63) is 94.0 Å². The highest BCUT2D eigenvalue weighted by atomic mass is 16.6. The van der Waals surface area contributed by atoms with Crippen molar-refractivity contribution in [3.8, 4) is 16.9 Å². The van der Waals surface area contributed by atoms with Crippen LogP contribution < -0.4 is 15.8 Å². The SMILES string of the molecule is NC(=O)CCC(NC(=O)OCC1c2ccccc2-c2ccccc21)C(=O)Oc1ccc([N+](=O)[O-])cc1. The number of carbonyl (C=O) groups is 3. The Balaban J connectivity index is 1.41. The standard InChI is InChI=1S/C26H23N3O7/c27-24(30)14-13-23(25(31)36-17-11-9-16(10-12-17)29(33)34)28-26(32)35-15-22-20-7-3-1-5-18(20)19-6-2-4-8-21(19)22/h1-12,22-23H,13-15H2,(H2,27,30)(H,28,32). The largest absolute Gasteiger partial charge is 0.449 e. The van der Waals surface area contributed by atoms with Crippen LogP contribution in [0.25, 0.3) is 11.1 Å². The van der Waals surface area contributed by atoms with Crippen LogP contribution in [0.3, 0.4) is 0 Å². The summed E-state index contributed by atoms with van der Waals surface area (Å²) in [6.45, 7) is 0.0415. The Kier molecular flexibility index (Phi) is 7.24. The van der Waals surface area contributed by atoms with E-state index >= 15 is 0 Å². The van der Waals surface area contributed by atoms with Gasteiger partial charge < -0.3 is 20.5 Å². The highest BCUT2D eigenvalue weighted by molar-refractivity contribution is 5.84. The fraction of sp³-hybridized carbons (Fsp3) is 0.192. The van der Waals surface area contributed by atoms with Gasteiger partial charge in [-0.25, -0.2) is 9.59 Å². The lowest BCUT2D eigenvalue weighted by atomic mass is 9.98. The summed E-state index contributed by atoms with van der Waals surface area (Å²) < 4.78 is 10.7. The summed E-state index contributed by atoms with van der Waals surface area (Å²) in [7, 11) is 0. The molecule has 3 aromatic carbocycles. The van der Waals surface area contributed by atoms with E-state index in [1.54, 1.807) is 0 Å². The molecule has 3 N–H and O–H groups in total. The molecule has 0 spiro atoms. The number of ether oxygens (including phenoxy) is 2. The van der Waals surface area contributed by atoms with Gasteiger partial charge in [-0.3, -0.25) is 14.9 Å². The molecule has 10 nitrogen and oxygen atoms in total. The number of carbonyl (C=O) groups excluding carboxylic acids is 3. The number of rotatable bonds is 9. The van der Waals surface area contributed by atoms with Crippen LogP contribution in [0.1, 0.15) is 29.9 Å². The topological polar surface area (TPSA) is 151 Å². The van der Waals surface area contributed by atoms with Gasteiger partial charge in [0.15, 0.2) is 0 Å². The Morgan fingerprint density at radius 2 is 1.53 bits per heavy atom. The molecule has 0 fully saturated rings. The molecular formula is C26H23N3O7. The minimum atomic E-state index is -1.22. The molecule has 0 saturated carbocycles. The molecule has 0 heterocycles. The van der Waals surface area contributed by atoms with E-state index in [1.165, 1.54) is 24.3 Å². The highest BCUT2D eigenvalue weighted by Crippen LogP contribution is 2.44. The molecule has 3 aromatic rings. The van der Waals surface area contributed by atoms with Crippen molar-refractivity contribution in [2.24, 2.45) is 5.73 Å². The van der Waals surface area contributed by atoms with E-state index in [2.05, 4.69) is 5.32 Å². The number of nitrogens with two attached hydrogens (primary N) is 1. The average molecular weight is 489 g/mol. The summed E-state index contributed by atoms with van der Waals surface area (Å²) >= 11 is 0. The number of alkyl carbamates (subject to hydrolysis) is 1. The molecule has 2 amide bonds. The second kappa shape index (κ2) is 10.7. The predicted molar refractivity (Wildman–Crippen MR) is 129 cm³/mol. The second-order valence-electron chi connectivity index (χ2n) is 8.20. The van der Waals surface area contributed by atoms with Gasteiger partial charge in [-0.05, 0) is 40.8 Å². The molecule has 0 radical (unpaired) electrons. The predicted octanol–water partition coefficient (Wildman–Crippen LogP) is 3.67. The maximum Gasteiger partial charge on any atom is 0.407 e. The molecule has 4 rings (SSSR count). The molecule has 1 unspecified atom stereocenters. The van der Waals surface area contributed by atoms with Gasteiger partial charge in [0.25, 0.3) is 5.69 Å². The van der Waals surface area contributed by atoms with E-state index in [-0.39, 0.29) is 36.8 Å². The zero-order valence-corrected chi connectivity index (χ0v) is 19.1. The van der Waals surface area contributed by atoms with Gasteiger partial charge in [-0.1, -0.05) is 48.5 Å². The second-order valence-corrected chi connectivity index (χ2v) is 8.20. The summed E-state index contributed by atoms with van der Waals surface area (Å²) in [5.41, 5.74) is 9.26. The van der Waals surface area contributed by atoms with Crippen LogP contribution in [0.4, 0.5) is 10.5 Å². The Bertz CT molecular complexity index is 1260. The minimum Gasteiger partial charge on any atom is -0.449 e. The monoisotopic (exact) mass is 489 g/mol. The zero-order valence-electron chi connectivity index (χ0n) is 19.1. The van der Waals surface area contributed by atoms with E-state index < -0.39 is 28.9 Å². The number of nitrogens with one attached hydrogen (secondary N) is 1. The quantitative estimate of drug-likeness (QED) is 0.201. The lowest BCUT2D eigenvalue weighted by Gasteiger charge is -2.19. The van der Waals surface area contributed by atoms with Crippen LogP contribution in [-0.2, 0) is 14.3 Å². The van der Waals surface area contributed by atoms with E-state index in [1.807, 2.05) is 48.5 Å². The summed E-state index contributed by atoms with van der Waals surface area (Å²) in [4.78, 5) is 46.8. The fourth-order valence-electron chi connectivity index (χ4n) is 4.14. The molecule has 0 aliphatic heterocycles. The van der Waals surface area contributed by atoms with E-state index in [0.29, 0.717) is 0 Å². The summed E-state index contributed by atoms with van der Waals surface area (Å²) in [5, 5.41) is 13.2. The first-order valence-electron chi connectivity index (χ1n) is 11.2. The number of primary amides is 1. The number of fused-ring (bicyclic) bond motifs is 3. The van der Waals surface area contributed by atoms with Crippen molar-refractivity contribution in [1.29, 1.82) is 0 Å². The molecule has 1 aliphatic carbocycles. The zero-order chi connectivity index (χ0) is 25.7. The number of hydrogen-bond acceptors (Lipinski definition) is 7. The van der Waals surface area contributed by atoms with Crippen LogP contribution in [0.15, 0.2) is 72.8 Å². The first kappa shape index (κ1) is 24.4. The van der Waals surface area contributed by atoms with Gasteiger partial charge in [-0.15, -0.1) is 0 Å². The number of amides is 2. The minimum absolute atomic E-state index is 0.0415. The third-order valence-corrected chi connectivity index (χ3v) is 5.87. The molecule has 0 bridgehead atoms. The van der Waals surface area contributed by atoms with Crippen molar-refractivity contribution in [2.45, 2.75) is 24.8 Å². The van der Waals surface area contributed by atoms with Gasteiger partial charge in [0, 0.05) is 24.5 Å². The molecular weight excluding hydrogens is 466 g/mol. The van der Waals surface area contributed by atoms with Crippen LogP contribution in [0.2, 0.25) is 0 Å². The first-order valence-corrected chi connectivity index (χ1v) is 11.2. The Labute approximate surface area is 206 Å².